The monoisotopic (exact) mass is 279 g/mol. The fourth-order valence-corrected chi connectivity index (χ4v) is 1.60. The lowest BCUT2D eigenvalue weighted by atomic mass is 10.2. The minimum atomic E-state index is -0.732. The molecule has 1 unspecified atom stereocenters. The van der Waals surface area contributed by atoms with Gasteiger partial charge in [-0.15, -0.1) is 11.6 Å². The molecule has 0 bridgehead atoms. The summed E-state index contributed by atoms with van der Waals surface area (Å²) in [6, 6.07) is 4.24. The predicted molar refractivity (Wildman–Crippen MR) is 65.3 cm³/mol. The number of carbonyl (C=O) groups excluding carboxylic acids is 1. The first-order valence-electron chi connectivity index (χ1n) is 4.91. The van der Waals surface area contributed by atoms with E-state index in [9.17, 15) is 9.18 Å². The number of alkyl halides is 1. The second-order valence-corrected chi connectivity index (χ2v) is 4.39. The molecule has 0 aromatic heterocycles. The number of methoxy groups -OCH3 is 1. The Morgan fingerprint density at radius 1 is 1.59 bits per heavy atom. The lowest BCUT2D eigenvalue weighted by Crippen LogP contribution is -2.32. The van der Waals surface area contributed by atoms with Crippen molar-refractivity contribution in [3.63, 3.8) is 0 Å². The first kappa shape index (κ1) is 14.2. The summed E-state index contributed by atoms with van der Waals surface area (Å²) >= 11 is 11.4. The van der Waals surface area contributed by atoms with Gasteiger partial charge in [0.2, 0.25) is 0 Å². The Labute approximate surface area is 109 Å². The molecule has 1 atom stereocenters. The molecule has 0 aliphatic rings. The molecule has 1 aromatic carbocycles. The van der Waals surface area contributed by atoms with Crippen LogP contribution in [0.5, 0.6) is 0 Å². The van der Waals surface area contributed by atoms with Crippen LogP contribution in [0.15, 0.2) is 18.2 Å². The maximum atomic E-state index is 13.5. The van der Waals surface area contributed by atoms with Gasteiger partial charge >= 0.3 is 0 Å². The summed E-state index contributed by atoms with van der Waals surface area (Å²) in [4.78, 5) is 11.6. The van der Waals surface area contributed by atoms with Gasteiger partial charge in [-0.25, -0.2) is 4.39 Å². The van der Waals surface area contributed by atoms with E-state index in [-0.39, 0.29) is 22.5 Å². The van der Waals surface area contributed by atoms with Gasteiger partial charge < -0.3 is 10.1 Å². The van der Waals surface area contributed by atoms with Crippen LogP contribution in [-0.4, -0.2) is 31.5 Å². The first-order chi connectivity index (χ1) is 8.06. The molecule has 0 saturated heterocycles. The second-order valence-electron chi connectivity index (χ2n) is 3.36. The van der Waals surface area contributed by atoms with Crippen LogP contribution in [0.25, 0.3) is 0 Å². The molecule has 0 aliphatic heterocycles. The molecular formula is C11H12Cl2FNO2. The molecule has 0 radical (unpaired) electrons. The Bertz CT molecular complexity index is 401. The van der Waals surface area contributed by atoms with Gasteiger partial charge in [-0.1, -0.05) is 17.7 Å². The standard InChI is InChI=1S/C11H12Cl2FNO2/c1-17-6-7(12)5-15-11(16)8-3-2-4-9(13)10(8)14/h2-4,7H,5-6H2,1H3,(H,15,16). The molecule has 17 heavy (non-hydrogen) atoms. The average molecular weight is 280 g/mol. The summed E-state index contributed by atoms with van der Waals surface area (Å²) in [7, 11) is 1.51. The van der Waals surface area contributed by atoms with Gasteiger partial charge in [0.1, 0.15) is 0 Å². The zero-order chi connectivity index (χ0) is 12.8. The highest BCUT2D eigenvalue weighted by Crippen LogP contribution is 2.17. The molecule has 1 rings (SSSR count). The highest BCUT2D eigenvalue weighted by Gasteiger charge is 2.14. The third-order valence-corrected chi connectivity index (χ3v) is 2.60. The summed E-state index contributed by atoms with van der Waals surface area (Å²) in [5.74, 6) is -1.28. The van der Waals surface area contributed by atoms with E-state index in [0.717, 1.165) is 0 Å². The van der Waals surface area contributed by atoms with Crippen molar-refractivity contribution in [2.75, 3.05) is 20.3 Å². The third-order valence-electron chi connectivity index (χ3n) is 2.03. The third kappa shape index (κ3) is 4.15. The number of halogens is 3. The highest BCUT2D eigenvalue weighted by atomic mass is 35.5. The molecule has 0 fully saturated rings. The molecule has 6 heteroatoms. The topological polar surface area (TPSA) is 38.3 Å². The lowest BCUT2D eigenvalue weighted by Gasteiger charge is -2.10. The molecule has 1 N–H and O–H groups in total. The van der Waals surface area contributed by atoms with E-state index in [1.165, 1.54) is 25.3 Å². The van der Waals surface area contributed by atoms with Crippen molar-refractivity contribution in [1.82, 2.24) is 5.32 Å². The smallest absolute Gasteiger partial charge is 0.254 e. The number of hydrogen-bond donors (Lipinski definition) is 1. The van der Waals surface area contributed by atoms with Crippen LogP contribution in [0, 0.1) is 5.82 Å². The predicted octanol–water partition coefficient (Wildman–Crippen LogP) is 2.46. The molecule has 0 heterocycles. The fraction of sp³-hybridized carbons (Fsp3) is 0.364. The number of benzene rings is 1. The summed E-state index contributed by atoms with van der Waals surface area (Å²) in [6.45, 7) is 0.500. The Hall–Kier alpha value is -0.840. The highest BCUT2D eigenvalue weighted by molar-refractivity contribution is 6.31. The summed E-state index contributed by atoms with van der Waals surface area (Å²) in [5.41, 5.74) is -0.0983. The van der Waals surface area contributed by atoms with E-state index >= 15 is 0 Å². The number of rotatable bonds is 5. The van der Waals surface area contributed by atoms with Gasteiger partial charge in [-0.3, -0.25) is 4.79 Å². The van der Waals surface area contributed by atoms with E-state index in [1.807, 2.05) is 0 Å². The Morgan fingerprint density at radius 2 is 2.29 bits per heavy atom. The molecule has 0 saturated carbocycles. The SMILES string of the molecule is COCC(Cl)CNC(=O)c1cccc(Cl)c1F. The minimum absolute atomic E-state index is 0.0861. The fourth-order valence-electron chi connectivity index (χ4n) is 1.22. The summed E-state index contributed by atoms with van der Waals surface area (Å²) in [5, 5.41) is 2.06. The maximum absolute atomic E-state index is 13.5. The average Bonchev–Trinajstić information content (AvgIpc) is 2.30. The van der Waals surface area contributed by atoms with E-state index in [4.69, 9.17) is 27.9 Å². The zero-order valence-corrected chi connectivity index (χ0v) is 10.7. The quantitative estimate of drug-likeness (QED) is 0.841. The number of amides is 1. The largest absolute Gasteiger partial charge is 0.383 e. The molecule has 1 amide bonds. The number of nitrogens with one attached hydrogen (secondary N) is 1. The second kappa shape index (κ2) is 6.79. The van der Waals surface area contributed by atoms with E-state index in [1.54, 1.807) is 0 Å². The van der Waals surface area contributed by atoms with Crippen LogP contribution in [0.4, 0.5) is 4.39 Å². The van der Waals surface area contributed by atoms with Crippen LogP contribution in [0.3, 0.4) is 0 Å². The van der Waals surface area contributed by atoms with Crippen molar-refractivity contribution in [3.8, 4) is 0 Å². The first-order valence-corrected chi connectivity index (χ1v) is 5.73. The number of hydrogen-bond acceptors (Lipinski definition) is 2. The Balaban J connectivity index is 2.61. The van der Waals surface area contributed by atoms with Gasteiger partial charge in [-0.2, -0.15) is 0 Å². The molecule has 3 nitrogen and oxygen atoms in total. The van der Waals surface area contributed by atoms with Crippen LogP contribution in [-0.2, 0) is 4.74 Å². The number of carbonyl (C=O) groups is 1. The van der Waals surface area contributed by atoms with Crippen molar-refractivity contribution in [1.29, 1.82) is 0 Å². The van der Waals surface area contributed by atoms with Gasteiger partial charge in [0.25, 0.3) is 5.91 Å². The molecule has 1 aromatic rings. The van der Waals surface area contributed by atoms with Crippen LogP contribution in [0.1, 0.15) is 10.4 Å². The number of ether oxygens (including phenoxy) is 1. The maximum Gasteiger partial charge on any atom is 0.254 e. The zero-order valence-electron chi connectivity index (χ0n) is 9.17. The van der Waals surface area contributed by atoms with Crippen LogP contribution in [0.2, 0.25) is 5.02 Å². The Morgan fingerprint density at radius 3 is 2.94 bits per heavy atom. The molecule has 0 spiro atoms. The van der Waals surface area contributed by atoms with Gasteiger partial charge in [0, 0.05) is 13.7 Å². The molecule has 0 aliphatic carbocycles. The van der Waals surface area contributed by atoms with Crippen molar-refractivity contribution in [2.45, 2.75) is 5.38 Å². The van der Waals surface area contributed by atoms with Crippen molar-refractivity contribution >= 4 is 29.1 Å². The van der Waals surface area contributed by atoms with Gasteiger partial charge in [0.05, 0.1) is 22.6 Å². The minimum Gasteiger partial charge on any atom is -0.383 e. The van der Waals surface area contributed by atoms with Crippen molar-refractivity contribution in [3.05, 3.63) is 34.6 Å². The molecular weight excluding hydrogens is 268 g/mol. The summed E-state index contributed by atoms with van der Waals surface area (Å²) in [6.07, 6.45) is 0. The molecule has 94 valence electrons. The van der Waals surface area contributed by atoms with Crippen molar-refractivity contribution < 1.29 is 13.9 Å². The van der Waals surface area contributed by atoms with Crippen LogP contribution < -0.4 is 5.32 Å². The summed E-state index contributed by atoms with van der Waals surface area (Å²) < 4.78 is 18.3. The lowest BCUT2D eigenvalue weighted by molar-refractivity contribution is 0.0945. The van der Waals surface area contributed by atoms with Crippen molar-refractivity contribution in [2.24, 2.45) is 0 Å². The van der Waals surface area contributed by atoms with E-state index in [2.05, 4.69) is 5.32 Å². The Kier molecular flexibility index (Phi) is 5.68. The van der Waals surface area contributed by atoms with E-state index in [0.29, 0.717) is 6.61 Å². The normalized spacial score (nSPS) is 12.2. The van der Waals surface area contributed by atoms with E-state index < -0.39 is 11.7 Å². The van der Waals surface area contributed by atoms with Crippen LogP contribution >= 0.6 is 23.2 Å². The van der Waals surface area contributed by atoms with Gasteiger partial charge in [0.15, 0.2) is 5.82 Å². The van der Waals surface area contributed by atoms with Gasteiger partial charge in [-0.05, 0) is 12.1 Å².